The number of rotatable bonds is 8. The molecule has 158 valence electrons. The number of aliphatic hydroxyl groups is 1. The lowest BCUT2D eigenvalue weighted by Crippen LogP contribution is -2.46. The molecule has 0 heterocycles. The largest absolute Gasteiger partial charge is 0.469 e. The van der Waals surface area contributed by atoms with E-state index in [1.807, 2.05) is 0 Å². The molecule has 0 bridgehead atoms. The molecule has 0 aliphatic rings. The molecule has 2 rings (SSSR count). The predicted octanol–water partition coefficient (Wildman–Crippen LogP) is 4.49. The molecular formula is C21H22ClF3O4. The van der Waals surface area contributed by atoms with E-state index in [2.05, 4.69) is 0 Å². The van der Waals surface area contributed by atoms with Crippen LogP contribution in [0.4, 0.5) is 13.2 Å². The van der Waals surface area contributed by atoms with Crippen LogP contribution in [0, 0.1) is 0 Å². The highest BCUT2D eigenvalue weighted by molar-refractivity contribution is 6.21. The van der Waals surface area contributed by atoms with E-state index in [4.69, 9.17) is 21.1 Å². The van der Waals surface area contributed by atoms with Gasteiger partial charge in [0.1, 0.15) is 5.60 Å². The Morgan fingerprint density at radius 2 is 1.59 bits per heavy atom. The Hall–Kier alpha value is -2.09. The molecule has 29 heavy (non-hydrogen) atoms. The van der Waals surface area contributed by atoms with E-state index in [1.165, 1.54) is 26.4 Å². The Balaban J connectivity index is 2.68. The number of ether oxygens (including phenoxy) is 2. The van der Waals surface area contributed by atoms with Crippen molar-refractivity contribution in [2.75, 3.05) is 20.8 Å². The molecular weight excluding hydrogens is 409 g/mol. The second-order valence-corrected chi connectivity index (χ2v) is 6.99. The van der Waals surface area contributed by atoms with Crippen LogP contribution in [0.3, 0.4) is 0 Å². The van der Waals surface area contributed by atoms with E-state index >= 15 is 0 Å². The van der Waals surface area contributed by atoms with Crippen molar-refractivity contribution in [3.05, 3.63) is 71.3 Å². The molecule has 1 N–H and O–H groups in total. The summed E-state index contributed by atoms with van der Waals surface area (Å²) in [6, 6.07) is 13.2. The van der Waals surface area contributed by atoms with Gasteiger partial charge in [0, 0.05) is 13.0 Å². The second kappa shape index (κ2) is 9.61. The van der Waals surface area contributed by atoms with Gasteiger partial charge in [0.25, 0.3) is 0 Å². The van der Waals surface area contributed by atoms with E-state index in [-0.39, 0.29) is 6.42 Å². The van der Waals surface area contributed by atoms with Crippen LogP contribution in [0.5, 0.6) is 0 Å². The third kappa shape index (κ3) is 4.91. The zero-order chi connectivity index (χ0) is 21.7. The number of hydrogen-bond acceptors (Lipinski definition) is 4. The summed E-state index contributed by atoms with van der Waals surface area (Å²) in [7, 11) is 2.58. The Morgan fingerprint density at radius 1 is 1.03 bits per heavy atom. The van der Waals surface area contributed by atoms with Crippen molar-refractivity contribution >= 4 is 17.6 Å². The summed E-state index contributed by atoms with van der Waals surface area (Å²) >= 11 is 6.47. The zero-order valence-corrected chi connectivity index (χ0v) is 16.7. The molecule has 0 aromatic heterocycles. The van der Waals surface area contributed by atoms with Crippen LogP contribution < -0.4 is 0 Å². The number of carbonyl (C=O) groups excluding carboxylic acids is 1. The van der Waals surface area contributed by atoms with Crippen LogP contribution in [0.2, 0.25) is 0 Å². The van der Waals surface area contributed by atoms with E-state index < -0.39 is 41.2 Å². The SMILES string of the molecule is COC(=O)CC(c1ccccc1)C(OC)(c1ccc(C(F)(F)F)cc1)C(Cl)CO. The van der Waals surface area contributed by atoms with Crippen molar-refractivity contribution in [3.63, 3.8) is 0 Å². The van der Waals surface area contributed by atoms with E-state index in [0.717, 1.165) is 12.1 Å². The lowest BCUT2D eigenvalue weighted by molar-refractivity contribution is -0.144. The molecule has 3 atom stereocenters. The van der Waals surface area contributed by atoms with Crippen molar-refractivity contribution in [1.82, 2.24) is 0 Å². The minimum absolute atomic E-state index is 0.154. The topological polar surface area (TPSA) is 55.8 Å². The van der Waals surface area contributed by atoms with Crippen molar-refractivity contribution in [1.29, 1.82) is 0 Å². The number of halogens is 4. The molecule has 4 nitrogen and oxygen atoms in total. The first-order valence-electron chi connectivity index (χ1n) is 8.80. The number of methoxy groups -OCH3 is 2. The maximum absolute atomic E-state index is 13.0. The fourth-order valence-corrected chi connectivity index (χ4v) is 3.86. The van der Waals surface area contributed by atoms with Gasteiger partial charge in [0.2, 0.25) is 0 Å². The molecule has 0 amide bonds. The van der Waals surface area contributed by atoms with Gasteiger partial charge in [-0.2, -0.15) is 13.2 Å². The predicted molar refractivity (Wildman–Crippen MR) is 103 cm³/mol. The van der Waals surface area contributed by atoms with Gasteiger partial charge in [0.05, 0.1) is 31.1 Å². The minimum Gasteiger partial charge on any atom is -0.469 e. The standard InChI is InChI=1S/C21H22ClF3O4/c1-28-19(27)12-17(14-6-4-3-5-7-14)20(29-2,18(22)13-26)15-8-10-16(11-9-15)21(23,24)25/h3-11,17-18,26H,12-13H2,1-2H3. The number of carbonyl (C=O) groups is 1. The molecule has 0 saturated carbocycles. The van der Waals surface area contributed by atoms with Gasteiger partial charge < -0.3 is 14.6 Å². The number of benzene rings is 2. The molecule has 0 aliphatic carbocycles. The summed E-state index contributed by atoms with van der Waals surface area (Å²) in [5.74, 6) is -1.28. The van der Waals surface area contributed by atoms with Gasteiger partial charge in [-0.25, -0.2) is 0 Å². The molecule has 3 unspecified atom stereocenters. The molecule has 2 aromatic carbocycles. The Bertz CT molecular complexity index is 796. The summed E-state index contributed by atoms with van der Waals surface area (Å²) in [6.07, 6.45) is -4.66. The van der Waals surface area contributed by atoms with Crippen molar-refractivity contribution in [2.45, 2.75) is 29.5 Å². The van der Waals surface area contributed by atoms with Gasteiger partial charge >= 0.3 is 12.1 Å². The maximum atomic E-state index is 13.0. The van der Waals surface area contributed by atoms with Gasteiger partial charge in [-0.3, -0.25) is 4.79 Å². The summed E-state index contributed by atoms with van der Waals surface area (Å²) in [4.78, 5) is 12.2. The van der Waals surface area contributed by atoms with Crippen LogP contribution in [0.15, 0.2) is 54.6 Å². The third-order valence-electron chi connectivity index (χ3n) is 4.94. The Kier molecular flexibility index (Phi) is 7.68. The minimum atomic E-state index is -4.50. The van der Waals surface area contributed by atoms with E-state index in [1.54, 1.807) is 30.3 Å². The fourth-order valence-electron chi connectivity index (χ4n) is 3.50. The lowest BCUT2D eigenvalue weighted by Gasteiger charge is -2.43. The van der Waals surface area contributed by atoms with Crippen LogP contribution >= 0.6 is 11.6 Å². The highest BCUT2D eigenvalue weighted by Gasteiger charge is 2.48. The van der Waals surface area contributed by atoms with Crippen LogP contribution in [0.25, 0.3) is 0 Å². The smallest absolute Gasteiger partial charge is 0.416 e. The summed E-state index contributed by atoms with van der Waals surface area (Å²) < 4.78 is 49.6. The monoisotopic (exact) mass is 430 g/mol. The third-order valence-corrected chi connectivity index (χ3v) is 5.41. The summed E-state index contributed by atoms with van der Waals surface area (Å²) in [5.41, 5.74) is -1.35. The van der Waals surface area contributed by atoms with Crippen molar-refractivity contribution in [3.8, 4) is 0 Å². The number of alkyl halides is 4. The molecule has 0 saturated heterocycles. The van der Waals surface area contributed by atoms with Gasteiger partial charge in [-0.05, 0) is 23.3 Å². The zero-order valence-electron chi connectivity index (χ0n) is 15.9. The average Bonchev–Trinajstić information content (AvgIpc) is 2.73. The quantitative estimate of drug-likeness (QED) is 0.495. The van der Waals surface area contributed by atoms with Crippen molar-refractivity contribution in [2.24, 2.45) is 0 Å². The van der Waals surface area contributed by atoms with Crippen molar-refractivity contribution < 1.29 is 32.5 Å². The second-order valence-electron chi connectivity index (χ2n) is 6.47. The maximum Gasteiger partial charge on any atom is 0.416 e. The number of hydrogen-bond donors (Lipinski definition) is 1. The van der Waals surface area contributed by atoms with Gasteiger partial charge in [0.15, 0.2) is 0 Å². The van der Waals surface area contributed by atoms with E-state index in [9.17, 15) is 23.1 Å². The summed E-state index contributed by atoms with van der Waals surface area (Å²) in [5, 5.41) is 8.77. The first-order chi connectivity index (χ1) is 13.7. The lowest BCUT2D eigenvalue weighted by atomic mass is 9.73. The molecule has 0 aliphatic heterocycles. The first-order valence-corrected chi connectivity index (χ1v) is 9.23. The average molecular weight is 431 g/mol. The normalized spacial score (nSPS) is 16.0. The van der Waals surface area contributed by atoms with Crippen LogP contribution in [0.1, 0.15) is 29.0 Å². The highest BCUT2D eigenvalue weighted by atomic mass is 35.5. The Morgan fingerprint density at radius 3 is 2.03 bits per heavy atom. The van der Waals surface area contributed by atoms with Gasteiger partial charge in [-0.15, -0.1) is 11.6 Å². The molecule has 2 aromatic rings. The molecule has 8 heteroatoms. The Labute approximate surface area is 172 Å². The first kappa shape index (κ1) is 23.2. The number of esters is 1. The molecule has 0 spiro atoms. The van der Waals surface area contributed by atoms with E-state index in [0.29, 0.717) is 11.1 Å². The number of aliphatic hydroxyl groups excluding tert-OH is 1. The van der Waals surface area contributed by atoms with Gasteiger partial charge in [-0.1, -0.05) is 42.5 Å². The van der Waals surface area contributed by atoms with Crippen LogP contribution in [-0.2, 0) is 26.0 Å². The molecule has 0 fully saturated rings. The fraction of sp³-hybridized carbons (Fsp3) is 0.381. The van der Waals surface area contributed by atoms with Crippen LogP contribution in [-0.4, -0.2) is 37.3 Å². The summed E-state index contributed by atoms with van der Waals surface area (Å²) in [6.45, 7) is -0.527. The molecule has 0 radical (unpaired) electrons. The highest BCUT2D eigenvalue weighted by Crippen LogP contribution is 2.47.